The first-order valence-electron chi connectivity index (χ1n) is 11.2. The standard InChI is InChI=1S/C25H32N4O4/c1-25(2,3)29-24(32)18-8-4-9-19(13-18)26-16-22(30)28-20-10-5-7-17(14-20)23(31)27-15-21-11-6-12-33-21/h4-5,7-10,13-14,21,26H,6,11-12,15-16H2,1-3H3,(H,27,31)(H,28,30)(H,29,32). The van der Waals surface area contributed by atoms with Gasteiger partial charge in [0.2, 0.25) is 5.91 Å². The van der Waals surface area contributed by atoms with Crippen LogP contribution in [0.2, 0.25) is 0 Å². The number of benzene rings is 2. The lowest BCUT2D eigenvalue weighted by atomic mass is 10.1. The van der Waals surface area contributed by atoms with Gasteiger partial charge in [0.25, 0.3) is 11.8 Å². The van der Waals surface area contributed by atoms with Crippen molar-refractivity contribution in [2.45, 2.75) is 45.3 Å². The maximum absolute atomic E-state index is 12.4. The first-order chi connectivity index (χ1) is 15.7. The second kappa shape index (κ2) is 11.0. The molecule has 1 unspecified atom stereocenters. The van der Waals surface area contributed by atoms with E-state index in [9.17, 15) is 14.4 Å². The Balaban J connectivity index is 1.51. The van der Waals surface area contributed by atoms with Crippen molar-refractivity contribution in [2.24, 2.45) is 0 Å². The Morgan fingerprint density at radius 3 is 2.30 bits per heavy atom. The number of carbonyl (C=O) groups is 3. The lowest BCUT2D eigenvalue weighted by Crippen LogP contribution is -2.40. The molecule has 2 aromatic rings. The zero-order chi connectivity index (χ0) is 23.8. The van der Waals surface area contributed by atoms with Crippen molar-refractivity contribution in [1.82, 2.24) is 10.6 Å². The van der Waals surface area contributed by atoms with E-state index in [2.05, 4.69) is 21.3 Å². The van der Waals surface area contributed by atoms with Gasteiger partial charge in [-0.3, -0.25) is 14.4 Å². The second-order valence-electron chi connectivity index (χ2n) is 9.11. The Bertz CT molecular complexity index is 994. The monoisotopic (exact) mass is 452 g/mol. The molecule has 2 aromatic carbocycles. The van der Waals surface area contributed by atoms with Crippen LogP contribution in [-0.2, 0) is 9.53 Å². The van der Waals surface area contributed by atoms with E-state index in [1.165, 1.54) is 0 Å². The van der Waals surface area contributed by atoms with Crippen LogP contribution in [0.4, 0.5) is 11.4 Å². The van der Waals surface area contributed by atoms with Crippen LogP contribution in [0.25, 0.3) is 0 Å². The largest absolute Gasteiger partial charge is 0.376 e. The molecule has 1 saturated heterocycles. The van der Waals surface area contributed by atoms with Gasteiger partial charge in [-0.15, -0.1) is 0 Å². The van der Waals surface area contributed by atoms with Gasteiger partial charge in [0.15, 0.2) is 0 Å². The number of nitrogens with one attached hydrogen (secondary N) is 4. The van der Waals surface area contributed by atoms with Crippen LogP contribution in [0.1, 0.15) is 54.3 Å². The van der Waals surface area contributed by atoms with Crippen LogP contribution in [0, 0.1) is 0 Å². The summed E-state index contributed by atoms with van der Waals surface area (Å²) in [5, 5.41) is 11.6. The van der Waals surface area contributed by atoms with Crippen molar-refractivity contribution in [3.8, 4) is 0 Å². The fourth-order valence-corrected chi connectivity index (χ4v) is 3.42. The Morgan fingerprint density at radius 2 is 1.64 bits per heavy atom. The first-order valence-corrected chi connectivity index (χ1v) is 11.2. The Morgan fingerprint density at radius 1 is 0.970 bits per heavy atom. The minimum Gasteiger partial charge on any atom is -0.376 e. The molecule has 8 heteroatoms. The third-order valence-corrected chi connectivity index (χ3v) is 4.99. The molecule has 1 aliphatic heterocycles. The Labute approximate surface area is 194 Å². The van der Waals surface area contributed by atoms with Crippen molar-refractivity contribution < 1.29 is 19.1 Å². The Kier molecular flexibility index (Phi) is 8.06. The highest BCUT2D eigenvalue weighted by atomic mass is 16.5. The van der Waals surface area contributed by atoms with E-state index < -0.39 is 0 Å². The van der Waals surface area contributed by atoms with Crippen molar-refractivity contribution >= 4 is 29.1 Å². The number of hydrogen-bond acceptors (Lipinski definition) is 5. The van der Waals surface area contributed by atoms with E-state index in [4.69, 9.17) is 4.74 Å². The summed E-state index contributed by atoms with van der Waals surface area (Å²) in [6.07, 6.45) is 2.04. The van der Waals surface area contributed by atoms with Crippen LogP contribution in [0.5, 0.6) is 0 Å². The Hall–Kier alpha value is -3.39. The summed E-state index contributed by atoms with van der Waals surface area (Å²) in [5.41, 5.74) is 1.84. The molecule has 1 aliphatic rings. The molecule has 4 N–H and O–H groups in total. The van der Waals surface area contributed by atoms with Gasteiger partial charge in [-0.05, 0) is 70.0 Å². The van der Waals surface area contributed by atoms with Crippen molar-refractivity contribution in [3.63, 3.8) is 0 Å². The summed E-state index contributed by atoms with van der Waals surface area (Å²) in [4.78, 5) is 37.1. The van der Waals surface area contributed by atoms with Crippen LogP contribution < -0.4 is 21.3 Å². The van der Waals surface area contributed by atoms with E-state index in [1.807, 2.05) is 20.8 Å². The number of amides is 3. The van der Waals surface area contributed by atoms with E-state index in [0.29, 0.717) is 29.0 Å². The summed E-state index contributed by atoms with van der Waals surface area (Å²) in [7, 11) is 0. The fraction of sp³-hybridized carbons (Fsp3) is 0.400. The maximum atomic E-state index is 12.4. The molecule has 8 nitrogen and oxygen atoms in total. The molecule has 1 fully saturated rings. The summed E-state index contributed by atoms with van der Waals surface area (Å²) >= 11 is 0. The molecule has 33 heavy (non-hydrogen) atoms. The quantitative estimate of drug-likeness (QED) is 0.492. The number of carbonyl (C=O) groups excluding carboxylic acids is 3. The lowest BCUT2D eigenvalue weighted by molar-refractivity contribution is -0.114. The number of anilines is 2. The third-order valence-electron chi connectivity index (χ3n) is 4.99. The highest BCUT2D eigenvalue weighted by Gasteiger charge is 2.17. The third kappa shape index (κ3) is 7.91. The zero-order valence-electron chi connectivity index (χ0n) is 19.4. The van der Waals surface area contributed by atoms with Crippen LogP contribution in [0.15, 0.2) is 48.5 Å². The molecule has 0 spiro atoms. The highest BCUT2D eigenvalue weighted by molar-refractivity contribution is 5.98. The highest BCUT2D eigenvalue weighted by Crippen LogP contribution is 2.14. The molecule has 0 bridgehead atoms. The first kappa shape index (κ1) is 24.3. The predicted octanol–water partition coefficient (Wildman–Crippen LogP) is 3.17. The summed E-state index contributed by atoms with van der Waals surface area (Å²) < 4.78 is 5.52. The average molecular weight is 453 g/mol. The molecule has 0 aromatic heterocycles. The minimum absolute atomic E-state index is 0.0137. The second-order valence-corrected chi connectivity index (χ2v) is 9.11. The van der Waals surface area contributed by atoms with Gasteiger partial charge in [0, 0.05) is 41.2 Å². The maximum Gasteiger partial charge on any atom is 0.251 e. The van der Waals surface area contributed by atoms with Gasteiger partial charge in [0.05, 0.1) is 12.6 Å². The molecule has 3 rings (SSSR count). The molecular weight excluding hydrogens is 420 g/mol. The molecule has 176 valence electrons. The smallest absolute Gasteiger partial charge is 0.251 e. The summed E-state index contributed by atoms with van der Waals surface area (Å²) in [5.74, 6) is -0.647. The molecular formula is C25H32N4O4. The fourth-order valence-electron chi connectivity index (χ4n) is 3.42. The van der Waals surface area contributed by atoms with Crippen LogP contribution in [-0.4, -0.2) is 49.1 Å². The molecule has 1 heterocycles. The molecule has 0 radical (unpaired) electrons. The number of rotatable bonds is 8. The average Bonchev–Trinajstić information content (AvgIpc) is 3.29. The van der Waals surface area contributed by atoms with Crippen molar-refractivity contribution in [2.75, 3.05) is 30.3 Å². The molecule has 0 aliphatic carbocycles. The zero-order valence-corrected chi connectivity index (χ0v) is 19.4. The SMILES string of the molecule is CC(C)(C)NC(=O)c1cccc(NCC(=O)Nc2cccc(C(=O)NCC3CCCO3)c2)c1. The summed E-state index contributed by atoms with van der Waals surface area (Å²) in [6, 6.07) is 13.8. The molecule has 3 amide bonds. The summed E-state index contributed by atoms with van der Waals surface area (Å²) in [6.45, 7) is 6.98. The van der Waals surface area contributed by atoms with E-state index in [-0.39, 0.29) is 35.9 Å². The van der Waals surface area contributed by atoms with Gasteiger partial charge in [0.1, 0.15) is 0 Å². The van der Waals surface area contributed by atoms with Gasteiger partial charge in [-0.1, -0.05) is 12.1 Å². The van der Waals surface area contributed by atoms with Gasteiger partial charge < -0.3 is 26.0 Å². The van der Waals surface area contributed by atoms with Crippen LogP contribution in [0.3, 0.4) is 0 Å². The minimum atomic E-state index is -0.337. The van der Waals surface area contributed by atoms with Crippen molar-refractivity contribution in [1.29, 1.82) is 0 Å². The van der Waals surface area contributed by atoms with Crippen molar-refractivity contribution in [3.05, 3.63) is 59.7 Å². The topological polar surface area (TPSA) is 109 Å². The normalized spacial score (nSPS) is 15.5. The molecule has 0 saturated carbocycles. The van der Waals surface area contributed by atoms with Gasteiger partial charge in [-0.2, -0.15) is 0 Å². The van der Waals surface area contributed by atoms with E-state index in [1.54, 1.807) is 48.5 Å². The van der Waals surface area contributed by atoms with E-state index in [0.717, 1.165) is 19.4 Å². The van der Waals surface area contributed by atoms with Gasteiger partial charge in [-0.25, -0.2) is 0 Å². The lowest BCUT2D eigenvalue weighted by Gasteiger charge is -2.20. The predicted molar refractivity (Wildman–Crippen MR) is 129 cm³/mol. The number of hydrogen-bond donors (Lipinski definition) is 4. The number of ether oxygens (including phenoxy) is 1. The molecule has 1 atom stereocenters. The van der Waals surface area contributed by atoms with E-state index >= 15 is 0 Å². The van der Waals surface area contributed by atoms with Gasteiger partial charge >= 0.3 is 0 Å². The van der Waals surface area contributed by atoms with Crippen LogP contribution >= 0.6 is 0 Å².